The molecule has 0 saturated carbocycles. The third-order valence-corrected chi connectivity index (χ3v) is 3.43. The van der Waals surface area contributed by atoms with E-state index in [-0.39, 0.29) is 11.7 Å². The van der Waals surface area contributed by atoms with Gasteiger partial charge >= 0.3 is 5.97 Å². The first-order chi connectivity index (χ1) is 8.22. The van der Waals surface area contributed by atoms with Gasteiger partial charge in [-0.3, -0.25) is 9.78 Å². The van der Waals surface area contributed by atoms with E-state index in [1.807, 2.05) is 18.2 Å². The minimum atomic E-state index is -0.246. The number of pyridine rings is 1. The van der Waals surface area contributed by atoms with Crippen LogP contribution in [0, 0.1) is 0 Å². The molecular weight excluding hydrogens is 236 g/mol. The normalized spacial score (nSPS) is 10.4. The molecular formula is C12H12N2O2S. The molecule has 1 aromatic carbocycles. The Morgan fingerprint density at radius 3 is 3.00 bits per heavy atom. The Hall–Kier alpha value is -1.75. The number of fused-ring (bicyclic) bond motifs is 1. The van der Waals surface area contributed by atoms with Gasteiger partial charge in [-0.15, -0.1) is 11.8 Å². The predicted molar refractivity (Wildman–Crippen MR) is 68.9 cm³/mol. The summed E-state index contributed by atoms with van der Waals surface area (Å²) in [6, 6.07) is 5.60. The molecule has 0 aliphatic rings. The van der Waals surface area contributed by atoms with E-state index < -0.39 is 0 Å². The summed E-state index contributed by atoms with van der Waals surface area (Å²) in [5.41, 5.74) is 6.59. The summed E-state index contributed by atoms with van der Waals surface area (Å²) in [5.74, 6) is 0.0357. The topological polar surface area (TPSA) is 65.2 Å². The number of methoxy groups -OCH3 is 1. The van der Waals surface area contributed by atoms with Crippen LogP contribution in [0.5, 0.6) is 0 Å². The van der Waals surface area contributed by atoms with Crippen LogP contribution in [0.2, 0.25) is 0 Å². The Balaban J connectivity index is 2.35. The van der Waals surface area contributed by atoms with E-state index in [1.165, 1.54) is 18.9 Å². The first-order valence-corrected chi connectivity index (χ1v) is 6.02. The average Bonchev–Trinajstić information content (AvgIpc) is 2.38. The summed E-state index contributed by atoms with van der Waals surface area (Å²) in [6.45, 7) is 0. The van der Waals surface area contributed by atoms with Crippen molar-refractivity contribution in [3.63, 3.8) is 0 Å². The molecule has 4 nitrogen and oxygen atoms in total. The molecule has 2 aromatic rings. The number of thioether (sulfide) groups is 1. The highest BCUT2D eigenvalue weighted by molar-refractivity contribution is 8.00. The average molecular weight is 248 g/mol. The van der Waals surface area contributed by atoms with Crippen molar-refractivity contribution in [2.45, 2.75) is 4.90 Å². The van der Waals surface area contributed by atoms with Crippen molar-refractivity contribution in [3.05, 3.63) is 30.6 Å². The first-order valence-electron chi connectivity index (χ1n) is 5.04. The minimum absolute atomic E-state index is 0.246. The van der Waals surface area contributed by atoms with Gasteiger partial charge in [-0.2, -0.15) is 0 Å². The van der Waals surface area contributed by atoms with E-state index in [0.29, 0.717) is 5.69 Å². The molecule has 1 aromatic heterocycles. The fraction of sp³-hybridized carbons (Fsp3) is 0.167. The highest BCUT2D eigenvalue weighted by Gasteiger charge is 2.07. The number of nitrogen functional groups attached to an aromatic ring is 1. The summed E-state index contributed by atoms with van der Waals surface area (Å²) in [6.07, 6.45) is 3.46. The van der Waals surface area contributed by atoms with Crippen molar-refractivity contribution in [2.24, 2.45) is 0 Å². The number of hydrogen-bond donors (Lipinski definition) is 1. The third kappa shape index (κ3) is 2.50. The monoisotopic (exact) mass is 248 g/mol. The van der Waals surface area contributed by atoms with Crippen molar-refractivity contribution < 1.29 is 9.53 Å². The zero-order valence-corrected chi connectivity index (χ0v) is 10.2. The van der Waals surface area contributed by atoms with Crippen LogP contribution >= 0.6 is 11.8 Å². The number of benzene rings is 1. The van der Waals surface area contributed by atoms with E-state index in [0.717, 1.165) is 15.7 Å². The number of nitrogens with zero attached hydrogens (tertiary/aromatic N) is 1. The van der Waals surface area contributed by atoms with Gasteiger partial charge in [0.05, 0.1) is 12.9 Å². The Kier molecular flexibility index (Phi) is 3.49. The summed E-state index contributed by atoms with van der Waals surface area (Å²) < 4.78 is 4.61. The van der Waals surface area contributed by atoms with E-state index in [2.05, 4.69) is 9.72 Å². The Morgan fingerprint density at radius 2 is 2.24 bits per heavy atom. The molecule has 0 atom stereocenters. The Bertz CT molecular complexity index is 557. The number of anilines is 1. The fourth-order valence-corrected chi connectivity index (χ4v) is 2.38. The van der Waals surface area contributed by atoms with E-state index in [9.17, 15) is 4.79 Å². The number of hydrogen-bond acceptors (Lipinski definition) is 5. The maximum atomic E-state index is 11.1. The molecule has 17 heavy (non-hydrogen) atoms. The van der Waals surface area contributed by atoms with E-state index in [4.69, 9.17) is 5.73 Å². The van der Waals surface area contributed by atoms with Crippen LogP contribution in [0.1, 0.15) is 0 Å². The molecule has 0 aliphatic heterocycles. The zero-order valence-electron chi connectivity index (χ0n) is 9.34. The molecule has 0 spiro atoms. The van der Waals surface area contributed by atoms with Gasteiger partial charge in [0.1, 0.15) is 0 Å². The van der Waals surface area contributed by atoms with Gasteiger partial charge < -0.3 is 10.5 Å². The lowest BCUT2D eigenvalue weighted by Crippen LogP contribution is -2.03. The van der Waals surface area contributed by atoms with Crippen molar-refractivity contribution in [1.29, 1.82) is 0 Å². The van der Waals surface area contributed by atoms with E-state index in [1.54, 1.807) is 12.4 Å². The van der Waals surface area contributed by atoms with Crippen LogP contribution in [0.3, 0.4) is 0 Å². The molecule has 5 heteroatoms. The zero-order chi connectivity index (χ0) is 12.3. The summed E-state index contributed by atoms with van der Waals surface area (Å²) >= 11 is 1.42. The highest BCUT2D eigenvalue weighted by atomic mass is 32.2. The molecule has 1 heterocycles. The molecule has 2 rings (SSSR count). The Morgan fingerprint density at radius 1 is 1.41 bits per heavy atom. The smallest absolute Gasteiger partial charge is 0.315 e. The number of carbonyl (C=O) groups is 1. The lowest BCUT2D eigenvalue weighted by molar-refractivity contribution is -0.137. The lowest BCUT2D eigenvalue weighted by Gasteiger charge is -2.07. The molecule has 0 radical (unpaired) electrons. The summed E-state index contributed by atoms with van der Waals surface area (Å²) in [5, 5.41) is 1.91. The van der Waals surface area contributed by atoms with Crippen LogP contribution in [0.25, 0.3) is 10.8 Å². The maximum absolute atomic E-state index is 11.1. The SMILES string of the molecule is COC(=O)CSc1ccc(N)c2ccncc12. The number of rotatable bonds is 3. The van der Waals surface area contributed by atoms with E-state index >= 15 is 0 Å². The molecule has 0 saturated heterocycles. The Labute approximate surface area is 103 Å². The van der Waals surface area contributed by atoms with Crippen molar-refractivity contribution in [2.75, 3.05) is 18.6 Å². The van der Waals surface area contributed by atoms with Gasteiger partial charge in [0, 0.05) is 33.7 Å². The molecule has 0 unspecified atom stereocenters. The summed E-state index contributed by atoms with van der Waals surface area (Å²) in [7, 11) is 1.38. The standard InChI is InChI=1S/C12H12N2O2S/c1-16-12(15)7-17-11-3-2-10(13)8-4-5-14-6-9(8)11/h2-6H,7,13H2,1H3. The van der Waals surface area contributed by atoms with Crippen LogP contribution < -0.4 is 5.73 Å². The van der Waals surface area contributed by atoms with Crippen LogP contribution in [0.4, 0.5) is 5.69 Å². The van der Waals surface area contributed by atoms with Gasteiger partial charge in [-0.25, -0.2) is 0 Å². The predicted octanol–water partition coefficient (Wildman–Crippen LogP) is 2.08. The lowest BCUT2D eigenvalue weighted by atomic mass is 10.1. The summed E-state index contributed by atoms with van der Waals surface area (Å²) in [4.78, 5) is 16.2. The highest BCUT2D eigenvalue weighted by Crippen LogP contribution is 2.30. The van der Waals surface area contributed by atoms with Gasteiger partial charge in [0.25, 0.3) is 0 Å². The van der Waals surface area contributed by atoms with Gasteiger partial charge in [-0.1, -0.05) is 0 Å². The number of aromatic nitrogens is 1. The number of carbonyl (C=O) groups excluding carboxylic acids is 1. The molecule has 0 amide bonds. The number of nitrogens with two attached hydrogens (primary N) is 1. The maximum Gasteiger partial charge on any atom is 0.315 e. The van der Waals surface area contributed by atoms with Crippen LogP contribution in [0.15, 0.2) is 35.5 Å². The molecule has 0 bridgehead atoms. The van der Waals surface area contributed by atoms with Gasteiger partial charge in [0.2, 0.25) is 0 Å². The van der Waals surface area contributed by atoms with Gasteiger partial charge in [0.15, 0.2) is 0 Å². The number of esters is 1. The van der Waals surface area contributed by atoms with Crippen molar-refractivity contribution in [3.8, 4) is 0 Å². The quantitative estimate of drug-likeness (QED) is 0.512. The van der Waals surface area contributed by atoms with Crippen molar-refractivity contribution >= 4 is 34.2 Å². The molecule has 0 fully saturated rings. The third-order valence-electron chi connectivity index (χ3n) is 2.38. The van der Waals surface area contributed by atoms with Gasteiger partial charge in [-0.05, 0) is 18.2 Å². The second kappa shape index (κ2) is 5.05. The van der Waals surface area contributed by atoms with Crippen molar-refractivity contribution in [1.82, 2.24) is 4.98 Å². The second-order valence-electron chi connectivity index (χ2n) is 3.44. The fourth-order valence-electron chi connectivity index (χ4n) is 1.51. The van der Waals surface area contributed by atoms with Crippen LogP contribution in [-0.4, -0.2) is 23.8 Å². The number of ether oxygens (including phenoxy) is 1. The largest absolute Gasteiger partial charge is 0.468 e. The minimum Gasteiger partial charge on any atom is -0.468 e. The molecule has 2 N–H and O–H groups in total. The molecule has 0 aliphatic carbocycles. The molecule has 88 valence electrons. The second-order valence-corrected chi connectivity index (χ2v) is 4.46. The van der Waals surface area contributed by atoms with Crippen LogP contribution in [-0.2, 0) is 9.53 Å². The first kappa shape index (κ1) is 11.7.